The lowest BCUT2D eigenvalue weighted by molar-refractivity contribution is 0.0532. The number of benzene rings is 1. The average molecular weight is 286 g/mol. The Morgan fingerprint density at radius 2 is 1.80 bits per heavy atom. The van der Waals surface area contributed by atoms with Gasteiger partial charge in [0.05, 0.1) is 11.5 Å². The maximum atomic E-state index is 12.0. The SMILES string of the molecule is CCOC(=O)c1ccc(C(=O)/C=C/c2ccccc2)s1. The van der Waals surface area contributed by atoms with Crippen LogP contribution in [0.3, 0.4) is 0 Å². The van der Waals surface area contributed by atoms with Gasteiger partial charge in [0.25, 0.3) is 0 Å². The number of rotatable bonds is 5. The van der Waals surface area contributed by atoms with Crippen molar-refractivity contribution in [2.75, 3.05) is 6.61 Å². The van der Waals surface area contributed by atoms with E-state index in [1.54, 1.807) is 25.1 Å². The molecule has 0 spiro atoms. The summed E-state index contributed by atoms with van der Waals surface area (Å²) in [4.78, 5) is 24.5. The molecule has 20 heavy (non-hydrogen) atoms. The lowest BCUT2D eigenvalue weighted by atomic mass is 10.2. The summed E-state index contributed by atoms with van der Waals surface area (Å²) in [5.74, 6) is -0.502. The standard InChI is InChI=1S/C16H14O3S/c1-2-19-16(18)15-11-10-14(20-15)13(17)9-8-12-6-4-3-5-7-12/h3-11H,2H2,1H3/b9-8+. The molecule has 0 radical (unpaired) electrons. The van der Waals surface area contributed by atoms with Crippen LogP contribution in [0.15, 0.2) is 48.5 Å². The molecule has 0 bridgehead atoms. The molecular formula is C16H14O3S. The van der Waals surface area contributed by atoms with Gasteiger partial charge in [-0.3, -0.25) is 4.79 Å². The fourth-order valence-electron chi connectivity index (χ4n) is 1.60. The molecule has 1 aromatic carbocycles. The van der Waals surface area contributed by atoms with Gasteiger partial charge in [-0.2, -0.15) is 0 Å². The molecule has 0 atom stereocenters. The summed E-state index contributed by atoms with van der Waals surface area (Å²) in [6.45, 7) is 2.08. The van der Waals surface area contributed by atoms with E-state index in [-0.39, 0.29) is 11.8 Å². The molecule has 0 N–H and O–H groups in total. The highest BCUT2D eigenvalue weighted by Gasteiger charge is 2.12. The van der Waals surface area contributed by atoms with Gasteiger partial charge in [-0.05, 0) is 30.7 Å². The van der Waals surface area contributed by atoms with Crippen LogP contribution in [-0.2, 0) is 4.74 Å². The monoisotopic (exact) mass is 286 g/mol. The van der Waals surface area contributed by atoms with E-state index in [2.05, 4.69) is 0 Å². The first-order valence-corrected chi connectivity index (χ1v) is 7.06. The summed E-state index contributed by atoms with van der Waals surface area (Å²) in [7, 11) is 0. The fourth-order valence-corrected chi connectivity index (χ4v) is 2.42. The number of ketones is 1. The summed E-state index contributed by atoms with van der Waals surface area (Å²) in [6, 6.07) is 12.8. The van der Waals surface area contributed by atoms with Crippen molar-refractivity contribution in [2.45, 2.75) is 6.92 Å². The zero-order valence-electron chi connectivity index (χ0n) is 11.0. The molecule has 0 aliphatic rings. The maximum absolute atomic E-state index is 12.0. The Hall–Kier alpha value is -2.20. The Bertz CT molecular complexity index is 626. The van der Waals surface area contributed by atoms with Gasteiger partial charge in [0, 0.05) is 0 Å². The minimum Gasteiger partial charge on any atom is -0.462 e. The topological polar surface area (TPSA) is 43.4 Å². The second-order valence-electron chi connectivity index (χ2n) is 3.99. The third kappa shape index (κ3) is 3.65. The number of carbonyl (C=O) groups is 2. The predicted octanol–water partition coefficient (Wildman–Crippen LogP) is 3.82. The van der Waals surface area contributed by atoms with Gasteiger partial charge in [-0.1, -0.05) is 36.4 Å². The number of ether oxygens (including phenoxy) is 1. The molecule has 0 unspecified atom stereocenters. The second-order valence-corrected chi connectivity index (χ2v) is 5.08. The van der Waals surface area contributed by atoms with Gasteiger partial charge in [0.2, 0.25) is 0 Å². The summed E-state index contributed by atoms with van der Waals surface area (Å²) in [6.07, 6.45) is 3.27. The zero-order chi connectivity index (χ0) is 14.4. The summed E-state index contributed by atoms with van der Waals surface area (Å²) in [5, 5.41) is 0. The Morgan fingerprint density at radius 3 is 2.50 bits per heavy atom. The van der Waals surface area contributed by atoms with Crippen LogP contribution in [0.5, 0.6) is 0 Å². The largest absolute Gasteiger partial charge is 0.462 e. The molecule has 0 aliphatic heterocycles. The Kier molecular flexibility index (Phi) is 4.85. The predicted molar refractivity (Wildman–Crippen MR) is 80.1 cm³/mol. The first-order valence-electron chi connectivity index (χ1n) is 6.25. The fraction of sp³-hybridized carbons (Fsp3) is 0.125. The molecule has 0 saturated heterocycles. The zero-order valence-corrected chi connectivity index (χ0v) is 11.9. The van der Waals surface area contributed by atoms with Crippen LogP contribution >= 0.6 is 11.3 Å². The van der Waals surface area contributed by atoms with Gasteiger partial charge < -0.3 is 4.74 Å². The van der Waals surface area contributed by atoms with E-state index >= 15 is 0 Å². The molecule has 102 valence electrons. The Balaban J connectivity index is 2.07. The third-order valence-corrected chi connectivity index (χ3v) is 3.63. The molecule has 0 fully saturated rings. The van der Waals surface area contributed by atoms with Crippen molar-refractivity contribution in [3.8, 4) is 0 Å². The molecule has 1 heterocycles. The summed E-state index contributed by atoms with van der Waals surface area (Å²) >= 11 is 1.15. The van der Waals surface area contributed by atoms with Crippen molar-refractivity contribution in [2.24, 2.45) is 0 Å². The van der Waals surface area contributed by atoms with Crippen molar-refractivity contribution >= 4 is 29.2 Å². The molecule has 4 heteroatoms. The maximum Gasteiger partial charge on any atom is 0.348 e. The smallest absolute Gasteiger partial charge is 0.348 e. The number of esters is 1. The van der Waals surface area contributed by atoms with Crippen molar-refractivity contribution in [1.82, 2.24) is 0 Å². The van der Waals surface area contributed by atoms with E-state index in [1.165, 1.54) is 6.08 Å². The molecule has 0 aliphatic carbocycles. The molecule has 3 nitrogen and oxygen atoms in total. The van der Waals surface area contributed by atoms with Crippen LogP contribution < -0.4 is 0 Å². The van der Waals surface area contributed by atoms with E-state index < -0.39 is 0 Å². The molecule has 1 aromatic heterocycles. The minimum absolute atomic E-state index is 0.116. The van der Waals surface area contributed by atoms with Crippen LogP contribution in [0.4, 0.5) is 0 Å². The van der Waals surface area contributed by atoms with Gasteiger partial charge in [-0.15, -0.1) is 11.3 Å². The van der Waals surface area contributed by atoms with E-state index in [0.29, 0.717) is 16.4 Å². The lowest BCUT2D eigenvalue weighted by Gasteiger charge is -1.96. The van der Waals surface area contributed by atoms with Crippen molar-refractivity contribution in [3.63, 3.8) is 0 Å². The molecule has 2 aromatic rings. The normalized spacial score (nSPS) is 10.7. The van der Waals surface area contributed by atoms with E-state index in [1.807, 2.05) is 30.3 Å². The Labute approximate surface area is 121 Å². The van der Waals surface area contributed by atoms with Gasteiger partial charge in [0.15, 0.2) is 5.78 Å². The third-order valence-electron chi connectivity index (χ3n) is 2.55. The number of carbonyl (C=O) groups excluding carboxylic acids is 2. The first-order chi connectivity index (χ1) is 9.70. The quantitative estimate of drug-likeness (QED) is 0.477. The van der Waals surface area contributed by atoms with Crippen LogP contribution in [0, 0.1) is 0 Å². The molecule has 0 saturated carbocycles. The van der Waals surface area contributed by atoms with Crippen LogP contribution in [0.1, 0.15) is 31.8 Å². The van der Waals surface area contributed by atoms with Gasteiger partial charge in [0.1, 0.15) is 4.88 Å². The summed E-state index contributed by atoms with van der Waals surface area (Å²) < 4.78 is 4.89. The van der Waals surface area contributed by atoms with Crippen LogP contribution in [0.25, 0.3) is 6.08 Å². The number of thiophene rings is 1. The van der Waals surface area contributed by atoms with Crippen LogP contribution in [0.2, 0.25) is 0 Å². The highest BCUT2D eigenvalue weighted by Crippen LogP contribution is 2.19. The second kappa shape index (κ2) is 6.82. The molecular weight excluding hydrogens is 272 g/mol. The number of allylic oxidation sites excluding steroid dienone is 1. The highest BCUT2D eigenvalue weighted by molar-refractivity contribution is 7.16. The van der Waals surface area contributed by atoms with Crippen LogP contribution in [-0.4, -0.2) is 18.4 Å². The summed E-state index contributed by atoms with van der Waals surface area (Å²) in [5.41, 5.74) is 0.961. The minimum atomic E-state index is -0.386. The molecule has 0 amide bonds. The highest BCUT2D eigenvalue weighted by atomic mass is 32.1. The number of hydrogen-bond donors (Lipinski definition) is 0. The van der Waals surface area contributed by atoms with Gasteiger partial charge >= 0.3 is 5.97 Å². The average Bonchev–Trinajstić information content (AvgIpc) is 2.96. The van der Waals surface area contributed by atoms with Gasteiger partial charge in [-0.25, -0.2) is 4.79 Å². The van der Waals surface area contributed by atoms with Crippen molar-refractivity contribution < 1.29 is 14.3 Å². The Morgan fingerprint density at radius 1 is 1.10 bits per heavy atom. The lowest BCUT2D eigenvalue weighted by Crippen LogP contribution is -2.01. The van der Waals surface area contributed by atoms with Crippen molar-refractivity contribution in [3.05, 3.63) is 63.9 Å². The first kappa shape index (κ1) is 14.2. The van der Waals surface area contributed by atoms with Crippen molar-refractivity contribution in [1.29, 1.82) is 0 Å². The van der Waals surface area contributed by atoms with E-state index in [4.69, 9.17) is 4.74 Å². The van der Waals surface area contributed by atoms with E-state index in [9.17, 15) is 9.59 Å². The van der Waals surface area contributed by atoms with E-state index in [0.717, 1.165) is 16.9 Å². The number of hydrogen-bond acceptors (Lipinski definition) is 4. The molecule has 2 rings (SSSR count).